The summed E-state index contributed by atoms with van der Waals surface area (Å²) in [7, 11) is 1.58. The average Bonchev–Trinajstić information content (AvgIpc) is 2.91. The van der Waals surface area contributed by atoms with Crippen LogP contribution in [0.3, 0.4) is 0 Å². The van der Waals surface area contributed by atoms with Gasteiger partial charge in [0.2, 0.25) is 0 Å². The number of rotatable bonds is 5. The second-order valence-electron chi connectivity index (χ2n) is 4.50. The van der Waals surface area contributed by atoms with Gasteiger partial charge in [-0.2, -0.15) is 0 Å². The fraction of sp³-hybridized carbons (Fsp3) is 0.500. The predicted molar refractivity (Wildman–Crippen MR) is 78.2 cm³/mol. The standard InChI is InChI=1S/C14H20N2O2.ClH/c1-18-13-7-3-2-6-12(13)14(17)15-8-11-16-9-4-5-10-16;/h2-3,6-7H,4-5,8-11H2,1H3,(H,15,17);1H. The third-order valence-corrected chi connectivity index (χ3v) is 3.26. The molecule has 1 saturated heterocycles. The van der Waals surface area contributed by atoms with Crippen LogP contribution in [-0.2, 0) is 0 Å². The first kappa shape index (κ1) is 15.8. The number of carbonyl (C=O) groups excluding carboxylic acids is 1. The van der Waals surface area contributed by atoms with E-state index in [4.69, 9.17) is 4.74 Å². The van der Waals surface area contributed by atoms with Crippen molar-refractivity contribution in [3.8, 4) is 5.75 Å². The van der Waals surface area contributed by atoms with Crippen LogP contribution >= 0.6 is 12.4 Å². The van der Waals surface area contributed by atoms with Gasteiger partial charge in [0.25, 0.3) is 5.91 Å². The molecule has 1 aromatic carbocycles. The van der Waals surface area contributed by atoms with E-state index >= 15 is 0 Å². The molecule has 1 amide bonds. The first-order valence-electron chi connectivity index (χ1n) is 6.45. The maximum atomic E-state index is 12.0. The van der Waals surface area contributed by atoms with Gasteiger partial charge in [-0.3, -0.25) is 4.79 Å². The van der Waals surface area contributed by atoms with Crippen molar-refractivity contribution >= 4 is 18.3 Å². The summed E-state index contributed by atoms with van der Waals surface area (Å²) >= 11 is 0. The molecule has 1 heterocycles. The van der Waals surface area contributed by atoms with Crippen LogP contribution < -0.4 is 10.1 Å². The smallest absolute Gasteiger partial charge is 0.255 e. The van der Waals surface area contributed by atoms with Gasteiger partial charge < -0.3 is 15.0 Å². The number of hydrogen-bond acceptors (Lipinski definition) is 3. The molecule has 0 aliphatic carbocycles. The fourth-order valence-electron chi connectivity index (χ4n) is 2.26. The fourth-order valence-corrected chi connectivity index (χ4v) is 2.26. The summed E-state index contributed by atoms with van der Waals surface area (Å²) < 4.78 is 5.17. The molecule has 0 unspecified atom stereocenters. The van der Waals surface area contributed by atoms with Gasteiger partial charge >= 0.3 is 0 Å². The highest BCUT2D eigenvalue weighted by molar-refractivity contribution is 5.96. The van der Waals surface area contributed by atoms with E-state index in [1.807, 2.05) is 12.1 Å². The largest absolute Gasteiger partial charge is 0.496 e. The molecule has 5 heteroatoms. The number of methoxy groups -OCH3 is 1. The Bertz CT molecular complexity index is 406. The van der Waals surface area contributed by atoms with Crippen LogP contribution in [0.5, 0.6) is 5.75 Å². The number of hydrogen-bond donors (Lipinski definition) is 1. The molecule has 2 rings (SSSR count). The second-order valence-corrected chi connectivity index (χ2v) is 4.50. The molecule has 1 aliphatic heterocycles. The summed E-state index contributed by atoms with van der Waals surface area (Å²) in [6.45, 7) is 3.94. The minimum absolute atomic E-state index is 0. The Balaban J connectivity index is 0.00000180. The lowest BCUT2D eigenvalue weighted by Crippen LogP contribution is -2.33. The van der Waals surface area contributed by atoms with Crippen LogP contribution in [0.25, 0.3) is 0 Å². The van der Waals surface area contributed by atoms with Crippen molar-refractivity contribution in [1.82, 2.24) is 10.2 Å². The molecule has 0 atom stereocenters. The van der Waals surface area contributed by atoms with E-state index in [1.54, 1.807) is 19.2 Å². The molecule has 1 aliphatic rings. The lowest BCUT2D eigenvalue weighted by Gasteiger charge is -2.15. The van der Waals surface area contributed by atoms with Gasteiger partial charge in [0.15, 0.2) is 0 Å². The van der Waals surface area contributed by atoms with Crippen LogP contribution in [0.4, 0.5) is 0 Å². The third kappa shape index (κ3) is 4.40. The molecular weight excluding hydrogens is 264 g/mol. The highest BCUT2D eigenvalue weighted by atomic mass is 35.5. The van der Waals surface area contributed by atoms with Crippen molar-refractivity contribution < 1.29 is 9.53 Å². The van der Waals surface area contributed by atoms with Gasteiger partial charge in [-0.25, -0.2) is 0 Å². The van der Waals surface area contributed by atoms with Gasteiger partial charge in [0.1, 0.15) is 5.75 Å². The quantitative estimate of drug-likeness (QED) is 0.898. The number of nitrogens with zero attached hydrogens (tertiary/aromatic N) is 1. The summed E-state index contributed by atoms with van der Waals surface area (Å²) in [6, 6.07) is 7.29. The number of ether oxygens (including phenoxy) is 1. The normalized spacial score (nSPS) is 14.8. The minimum Gasteiger partial charge on any atom is -0.496 e. The Kier molecular flexibility index (Phi) is 6.67. The Morgan fingerprint density at radius 2 is 2.00 bits per heavy atom. The van der Waals surface area contributed by atoms with E-state index in [9.17, 15) is 4.79 Å². The summed E-state index contributed by atoms with van der Waals surface area (Å²) in [5.74, 6) is 0.558. The van der Waals surface area contributed by atoms with E-state index in [0.717, 1.165) is 19.6 Å². The Labute approximate surface area is 120 Å². The molecule has 0 radical (unpaired) electrons. The van der Waals surface area contributed by atoms with E-state index in [-0.39, 0.29) is 18.3 Å². The Morgan fingerprint density at radius 3 is 2.68 bits per heavy atom. The predicted octanol–water partition coefficient (Wildman–Crippen LogP) is 1.94. The van der Waals surface area contributed by atoms with Crippen LogP contribution in [0.15, 0.2) is 24.3 Å². The van der Waals surface area contributed by atoms with E-state index < -0.39 is 0 Å². The summed E-state index contributed by atoms with van der Waals surface area (Å²) in [4.78, 5) is 14.4. The molecule has 0 aromatic heterocycles. The summed E-state index contributed by atoms with van der Waals surface area (Å²) in [5, 5.41) is 2.94. The molecule has 0 spiro atoms. The molecule has 106 valence electrons. The van der Waals surface area contributed by atoms with Crippen molar-refractivity contribution in [2.75, 3.05) is 33.3 Å². The Hall–Kier alpha value is -1.26. The van der Waals surface area contributed by atoms with Gasteiger partial charge in [0, 0.05) is 13.1 Å². The molecule has 0 bridgehead atoms. The lowest BCUT2D eigenvalue weighted by molar-refractivity contribution is 0.0946. The number of amides is 1. The van der Waals surface area contributed by atoms with E-state index in [0.29, 0.717) is 17.9 Å². The maximum Gasteiger partial charge on any atom is 0.255 e. The van der Waals surface area contributed by atoms with Crippen molar-refractivity contribution in [3.63, 3.8) is 0 Å². The molecular formula is C14H21ClN2O2. The molecule has 1 aromatic rings. The SMILES string of the molecule is COc1ccccc1C(=O)NCCN1CCCC1.Cl. The number of benzene rings is 1. The topological polar surface area (TPSA) is 41.6 Å². The lowest BCUT2D eigenvalue weighted by atomic mass is 10.2. The van der Waals surface area contributed by atoms with E-state index in [2.05, 4.69) is 10.2 Å². The molecule has 1 N–H and O–H groups in total. The van der Waals surface area contributed by atoms with Gasteiger partial charge in [-0.05, 0) is 38.1 Å². The summed E-state index contributed by atoms with van der Waals surface area (Å²) in [5.41, 5.74) is 0.599. The zero-order valence-electron chi connectivity index (χ0n) is 11.2. The number of para-hydroxylation sites is 1. The highest BCUT2D eigenvalue weighted by Gasteiger charge is 2.13. The van der Waals surface area contributed by atoms with Gasteiger partial charge in [-0.15, -0.1) is 12.4 Å². The van der Waals surface area contributed by atoms with Crippen LogP contribution in [0.1, 0.15) is 23.2 Å². The number of carbonyl (C=O) groups is 1. The van der Waals surface area contributed by atoms with Crippen LogP contribution in [0, 0.1) is 0 Å². The van der Waals surface area contributed by atoms with Crippen LogP contribution in [-0.4, -0.2) is 44.1 Å². The molecule has 1 fully saturated rings. The maximum absolute atomic E-state index is 12.0. The van der Waals surface area contributed by atoms with Crippen LogP contribution in [0.2, 0.25) is 0 Å². The molecule has 0 saturated carbocycles. The number of likely N-dealkylation sites (tertiary alicyclic amines) is 1. The van der Waals surface area contributed by atoms with Crippen molar-refractivity contribution in [1.29, 1.82) is 0 Å². The average molecular weight is 285 g/mol. The first-order chi connectivity index (χ1) is 8.81. The van der Waals surface area contributed by atoms with Gasteiger partial charge in [-0.1, -0.05) is 12.1 Å². The van der Waals surface area contributed by atoms with Crippen molar-refractivity contribution in [3.05, 3.63) is 29.8 Å². The van der Waals surface area contributed by atoms with Crippen molar-refractivity contribution in [2.24, 2.45) is 0 Å². The van der Waals surface area contributed by atoms with Crippen molar-refractivity contribution in [2.45, 2.75) is 12.8 Å². The zero-order valence-corrected chi connectivity index (χ0v) is 12.0. The summed E-state index contributed by atoms with van der Waals surface area (Å²) in [6.07, 6.45) is 2.56. The van der Waals surface area contributed by atoms with Gasteiger partial charge in [0.05, 0.1) is 12.7 Å². The second kappa shape index (κ2) is 8.02. The number of nitrogens with one attached hydrogen (secondary N) is 1. The zero-order chi connectivity index (χ0) is 12.8. The minimum atomic E-state index is -0.0633. The van der Waals surface area contributed by atoms with E-state index in [1.165, 1.54) is 12.8 Å². The number of halogens is 1. The monoisotopic (exact) mass is 284 g/mol. The Morgan fingerprint density at radius 1 is 1.32 bits per heavy atom. The molecule has 19 heavy (non-hydrogen) atoms. The first-order valence-corrected chi connectivity index (χ1v) is 6.45. The molecule has 4 nitrogen and oxygen atoms in total. The third-order valence-electron chi connectivity index (χ3n) is 3.26. The highest BCUT2D eigenvalue weighted by Crippen LogP contribution is 2.16.